The van der Waals surface area contributed by atoms with Gasteiger partial charge in [0.25, 0.3) is 0 Å². The molecule has 0 aromatic carbocycles. The van der Waals surface area contributed by atoms with Gasteiger partial charge >= 0.3 is 0 Å². The molecule has 0 saturated carbocycles. The van der Waals surface area contributed by atoms with Crippen molar-refractivity contribution in [2.24, 2.45) is 0 Å². The molecule has 24 heavy (non-hydrogen) atoms. The number of hydrogen-bond acceptors (Lipinski definition) is 5. The molecule has 3 rings (SSSR count). The van der Waals surface area contributed by atoms with Gasteiger partial charge in [0.15, 0.2) is 0 Å². The fourth-order valence-corrected chi connectivity index (χ4v) is 2.71. The lowest BCUT2D eigenvalue weighted by molar-refractivity contribution is -0.140. The van der Waals surface area contributed by atoms with E-state index >= 15 is 0 Å². The Bertz CT molecular complexity index is 713. The maximum Gasteiger partial charge on any atom is 0.244 e. The standard InChI is InChI=1S/C17H23N5O2/c1-13-9-18-22(10-13)12-17(23)21-7-8-24-15(11-21)14-5-4-6-16(19-14)20(2)3/h4-6,9-10,15H,7-8,11-12H2,1-3H3/t15-/m1/s1. The number of rotatable bonds is 4. The highest BCUT2D eigenvalue weighted by Crippen LogP contribution is 2.22. The van der Waals surface area contributed by atoms with Crippen molar-refractivity contribution in [1.82, 2.24) is 19.7 Å². The van der Waals surface area contributed by atoms with Crippen LogP contribution >= 0.6 is 0 Å². The Morgan fingerprint density at radius 2 is 2.25 bits per heavy atom. The number of aromatic nitrogens is 3. The normalized spacial score (nSPS) is 17.8. The van der Waals surface area contributed by atoms with Gasteiger partial charge in [0.2, 0.25) is 5.91 Å². The molecule has 7 nitrogen and oxygen atoms in total. The molecular formula is C17H23N5O2. The minimum Gasteiger partial charge on any atom is -0.368 e. The molecule has 1 amide bonds. The maximum atomic E-state index is 12.5. The minimum absolute atomic E-state index is 0.0511. The number of anilines is 1. The van der Waals surface area contributed by atoms with Gasteiger partial charge in [-0.2, -0.15) is 5.10 Å². The number of ether oxygens (including phenoxy) is 1. The van der Waals surface area contributed by atoms with E-state index in [0.717, 1.165) is 17.1 Å². The Morgan fingerprint density at radius 3 is 2.96 bits per heavy atom. The van der Waals surface area contributed by atoms with Crippen LogP contribution in [0.15, 0.2) is 30.6 Å². The van der Waals surface area contributed by atoms with Crippen molar-refractivity contribution in [2.75, 3.05) is 38.7 Å². The van der Waals surface area contributed by atoms with Crippen LogP contribution in [0.25, 0.3) is 0 Å². The SMILES string of the molecule is Cc1cnn(CC(=O)N2CCO[C@@H](c3cccc(N(C)C)n3)C2)c1. The van der Waals surface area contributed by atoms with Gasteiger partial charge in [-0.15, -0.1) is 0 Å². The highest BCUT2D eigenvalue weighted by molar-refractivity contribution is 5.76. The van der Waals surface area contributed by atoms with Crippen LogP contribution in [0.3, 0.4) is 0 Å². The molecule has 3 heterocycles. The number of morpholine rings is 1. The fourth-order valence-electron chi connectivity index (χ4n) is 2.71. The maximum absolute atomic E-state index is 12.5. The summed E-state index contributed by atoms with van der Waals surface area (Å²) >= 11 is 0. The zero-order chi connectivity index (χ0) is 17.1. The van der Waals surface area contributed by atoms with Crippen molar-refractivity contribution < 1.29 is 9.53 Å². The molecule has 2 aromatic rings. The minimum atomic E-state index is -0.193. The quantitative estimate of drug-likeness (QED) is 0.845. The smallest absolute Gasteiger partial charge is 0.244 e. The van der Waals surface area contributed by atoms with Gasteiger partial charge in [0.05, 0.1) is 25.0 Å². The van der Waals surface area contributed by atoms with E-state index in [0.29, 0.717) is 19.7 Å². The third-order valence-corrected chi connectivity index (χ3v) is 4.02. The van der Waals surface area contributed by atoms with E-state index in [1.54, 1.807) is 10.9 Å². The third-order valence-electron chi connectivity index (χ3n) is 4.02. The van der Waals surface area contributed by atoms with Gasteiger partial charge in [0, 0.05) is 26.8 Å². The van der Waals surface area contributed by atoms with Crippen LogP contribution in [0.1, 0.15) is 17.4 Å². The van der Waals surface area contributed by atoms with Crippen LogP contribution in [0.4, 0.5) is 5.82 Å². The summed E-state index contributed by atoms with van der Waals surface area (Å²) in [4.78, 5) is 20.9. The van der Waals surface area contributed by atoms with Gasteiger partial charge in [-0.25, -0.2) is 4.98 Å². The first-order valence-electron chi connectivity index (χ1n) is 8.05. The van der Waals surface area contributed by atoms with Gasteiger partial charge in [-0.3, -0.25) is 9.48 Å². The van der Waals surface area contributed by atoms with Crippen LogP contribution in [0.5, 0.6) is 0 Å². The molecule has 1 fully saturated rings. The average molecular weight is 329 g/mol. The summed E-state index contributed by atoms with van der Waals surface area (Å²) in [6, 6.07) is 5.87. The molecule has 0 bridgehead atoms. The number of carbonyl (C=O) groups excluding carboxylic acids is 1. The predicted molar refractivity (Wildman–Crippen MR) is 90.8 cm³/mol. The lowest BCUT2D eigenvalue weighted by Gasteiger charge is -2.33. The molecule has 0 spiro atoms. The molecule has 0 N–H and O–H groups in total. The Morgan fingerprint density at radius 1 is 1.42 bits per heavy atom. The Hall–Kier alpha value is -2.41. The number of carbonyl (C=O) groups is 1. The summed E-state index contributed by atoms with van der Waals surface area (Å²) in [6.45, 7) is 3.85. The van der Waals surface area contributed by atoms with Crippen molar-refractivity contribution in [3.05, 3.63) is 41.9 Å². The van der Waals surface area contributed by atoms with Crippen LogP contribution in [0, 0.1) is 6.92 Å². The first kappa shape index (κ1) is 16.4. The molecule has 0 unspecified atom stereocenters. The molecule has 1 aliphatic heterocycles. The van der Waals surface area contributed by atoms with Crippen LogP contribution in [-0.4, -0.2) is 59.4 Å². The van der Waals surface area contributed by atoms with E-state index in [1.807, 2.05) is 55.2 Å². The molecule has 1 aliphatic rings. The third kappa shape index (κ3) is 3.73. The van der Waals surface area contributed by atoms with E-state index in [-0.39, 0.29) is 18.6 Å². The molecule has 7 heteroatoms. The highest BCUT2D eigenvalue weighted by Gasteiger charge is 2.26. The van der Waals surface area contributed by atoms with Crippen LogP contribution < -0.4 is 4.90 Å². The summed E-state index contributed by atoms with van der Waals surface area (Å²) in [5, 5.41) is 4.18. The molecule has 128 valence electrons. The molecule has 0 radical (unpaired) electrons. The lowest BCUT2D eigenvalue weighted by atomic mass is 10.2. The van der Waals surface area contributed by atoms with Crippen molar-refractivity contribution in [3.8, 4) is 0 Å². The Balaban J connectivity index is 1.67. The number of amides is 1. The predicted octanol–water partition coefficient (Wildman–Crippen LogP) is 1.25. The van der Waals surface area contributed by atoms with E-state index in [2.05, 4.69) is 10.1 Å². The zero-order valence-corrected chi connectivity index (χ0v) is 14.3. The Labute approximate surface area is 141 Å². The summed E-state index contributed by atoms with van der Waals surface area (Å²) in [7, 11) is 3.91. The number of nitrogens with zero attached hydrogens (tertiary/aromatic N) is 5. The molecule has 1 atom stereocenters. The number of pyridine rings is 1. The van der Waals surface area contributed by atoms with Crippen molar-refractivity contribution >= 4 is 11.7 Å². The van der Waals surface area contributed by atoms with Crippen molar-refractivity contribution in [3.63, 3.8) is 0 Å². The zero-order valence-electron chi connectivity index (χ0n) is 14.3. The average Bonchev–Trinajstić information content (AvgIpc) is 3.00. The topological polar surface area (TPSA) is 63.5 Å². The summed E-state index contributed by atoms with van der Waals surface area (Å²) in [6.07, 6.45) is 3.44. The summed E-state index contributed by atoms with van der Waals surface area (Å²) in [5.41, 5.74) is 1.90. The fraction of sp³-hybridized carbons (Fsp3) is 0.471. The van der Waals surface area contributed by atoms with Crippen LogP contribution in [0.2, 0.25) is 0 Å². The summed E-state index contributed by atoms with van der Waals surface area (Å²) < 4.78 is 7.51. The molecule has 2 aromatic heterocycles. The molecule has 1 saturated heterocycles. The number of hydrogen-bond donors (Lipinski definition) is 0. The van der Waals surface area contributed by atoms with Gasteiger partial charge in [-0.1, -0.05) is 6.07 Å². The highest BCUT2D eigenvalue weighted by atomic mass is 16.5. The number of aryl methyl sites for hydroxylation is 1. The van der Waals surface area contributed by atoms with E-state index in [1.165, 1.54) is 0 Å². The Kier molecular flexibility index (Phi) is 4.80. The van der Waals surface area contributed by atoms with Gasteiger partial charge < -0.3 is 14.5 Å². The lowest BCUT2D eigenvalue weighted by Crippen LogP contribution is -2.44. The summed E-state index contributed by atoms with van der Waals surface area (Å²) in [5.74, 6) is 0.932. The van der Waals surface area contributed by atoms with E-state index in [4.69, 9.17) is 4.74 Å². The van der Waals surface area contributed by atoms with Gasteiger partial charge in [0.1, 0.15) is 18.5 Å². The molecule has 0 aliphatic carbocycles. The second-order valence-corrected chi connectivity index (χ2v) is 6.23. The van der Waals surface area contributed by atoms with Crippen LogP contribution in [-0.2, 0) is 16.1 Å². The van der Waals surface area contributed by atoms with E-state index in [9.17, 15) is 4.79 Å². The van der Waals surface area contributed by atoms with Crippen molar-refractivity contribution in [1.29, 1.82) is 0 Å². The van der Waals surface area contributed by atoms with Crippen molar-refractivity contribution in [2.45, 2.75) is 19.6 Å². The van der Waals surface area contributed by atoms with Gasteiger partial charge in [-0.05, 0) is 24.6 Å². The first-order chi connectivity index (χ1) is 11.5. The molecular weight excluding hydrogens is 306 g/mol. The van der Waals surface area contributed by atoms with E-state index < -0.39 is 0 Å². The second kappa shape index (κ2) is 7.00. The largest absolute Gasteiger partial charge is 0.368 e. The second-order valence-electron chi connectivity index (χ2n) is 6.23. The monoisotopic (exact) mass is 329 g/mol. The first-order valence-corrected chi connectivity index (χ1v) is 8.05.